The first kappa shape index (κ1) is 12.7. The first-order valence-corrected chi connectivity index (χ1v) is 5.65. The van der Waals surface area contributed by atoms with E-state index in [0.717, 1.165) is 37.7 Å². The number of carboxylic acids is 1. The fourth-order valence-corrected chi connectivity index (χ4v) is 1.61. The van der Waals surface area contributed by atoms with Crippen molar-refractivity contribution in [3.8, 4) is 0 Å². The average molecular weight is 224 g/mol. The minimum Gasteiger partial charge on any atom is -0.481 e. The minimum atomic E-state index is -0.724. The lowest BCUT2D eigenvalue weighted by Gasteiger charge is -2.01. The van der Waals surface area contributed by atoms with Gasteiger partial charge in [-0.2, -0.15) is 0 Å². The van der Waals surface area contributed by atoms with Crippen LogP contribution in [0.2, 0.25) is 0 Å². The van der Waals surface area contributed by atoms with Crippen LogP contribution < -0.4 is 0 Å². The van der Waals surface area contributed by atoms with E-state index in [-0.39, 0.29) is 12.2 Å². The number of aryl methyl sites for hydroxylation is 1. The highest BCUT2D eigenvalue weighted by atomic mass is 19.1. The number of hydrogen-bond donors (Lipinski definition) is 1. The highest BCUT2D eigenvalue weighted by Crippen LogP contribution is 2.09. The molecule has 0 unspecified atom stereocenters. The molecule has 0 amide bonds. The molecule has 88 valence electrons. The maximum atomic E-state index is 12.6. The van der Waals surface area contributed by atoms with E-state index in [1.165, 1.54) is 12.1 Å². The van der Waals surface area contributed by atoms with E-state index in [1.54, 1.807) is 12.1 Å². The Balaban J connectivity index is 2.07. The molecule has 1 N–H and O–H groups in total. The molecule has 16 heavy (non-hydrogen) atoms. The zero-order chi connectivity index (χ0) is 11.8. The second-order valence-corrected chi connectivity index (χ2v) is 3.93. The number of carboxylic acid groups (broad SMARTS) is 1. The number of halogens is 1. The lowest BCUT2D eigenvalue weighted by atomic mass is 10.1. The number of unbranched alkanes of at least 4 members (excludes halogenated alkanes) is 3. The molecule has 1 rings (SSSR count). The summed E-state index contributed by atoms with van der Waals surface area (Å²) in [5.74, 6) is -0.927. The van der Waals surface area contributed by atoms with Gasteiger partial charge in [0.2, 0.25) is 0 Å². The molecule has 0 bridgehead atoms. The quantitative estimate of drug-likeness (QED) is 0.721. The highest BCUT2D eigenvalue weighted by molar-refractivity contribution is 5.66. The Kier molecular flexibility index (Phi) is 5.54. The largest absolute Gasteiger partial charge is 0.481 e. The van der Waals surface area contributed by atoms with Gasteiger partial charge in [0.05, 0.1) is 0 Å². The van der Waals surface area contributed by atoms with Gasteiger partial charge in [-0.1, -0.05) is 25.0 Å². The van der Waals surface area contributed by atoms with Gasteiger partial charge in [-0.05, 0) is 37.0 Å². The second kappa shape index (κ2) is 6.99. The van der Waals surface area contributed by atoms with Crippen molar-refractivity contribution in [2.75, 3.05) is 0 Å². The lowest BCUT2D eigenvalue weighted by molar-refractivity contribution is -0.137. The third kappa shape index (κ3) is 5.49. The molecule has 0 fully saturated rings. The topological polar surface area (TPSA) is 37.3 Å². The van der Waals surface area contributed by atoms with Gasteiger partial charge in [0.25, 0.3) is 0 Å². The van der Waals surface area contributed by atoms with Gasteiger partial charge in [-0.25, -0.2) is 4.39 Å². The van der Waals surface area contributed by atoms with Crippen molar-refractivity contribution in [3.05, 3.63) is 35.6 Å². The maximum absolute atomic E-state index is 12.6. The normalized spacial score (nSPS) is 10.3. The summed E-state index contributed by atoms with van der Waals surface area (Å²) in [6, 6.07) is 6.54. The Morgan fingerprint density at radius 1 is 1.06 bits per heavy atom. The zero-order valence-electron chi connectivity index (χ0n) is 9.29. The molecule has 0 aliphatic rings. The van der Waals surface area contributed by atoms with E-state index < -0.39 is 5.97 Å². The summed E-state index contributed by atoms with van der Waals surface area (Å²) in [5.41, 5.74) is 1.14. The van der Waals surface area contributed by atoms with Crippen LogP contribution in [0.5, 0.6) is 0 Å². The van der Waals surface area contributed by atoms with E-state index in [9.17, 15) is 9.18 Å². The van der Waals surface area contributed by atoms with Crippen LogP contribution in [0.1, 0.15) is 37.7 Å². The van der Waals surface area contributed by atoms with Crippen molar-refractivity contribution >= 4 is 5.97 Å². The predicted octanol–water partition coefficient (Wildman–Crippen LogP) is 3.40. The molecule has 1 aromatic carbocycles. The van der Waals surface area contributed by atoms with Gasteiger partial charge in [0.15, 0.2) is 0 Å². The van der Waals surface area contributed by atoms with Crippen molar-refractivity contribution in [1.29, 1.82) is 0 Å². The Hall–Kier alpha value is -1.38. The molecule has 0 heterocycles. The average Bonchev–Trinajstić information content (AvgIpc) is 2.25. The van der Waals surface area contributed by atoms with E-state index >= 15 is 0 Å². The molecule has 0 aromatic heterocycles. The van der Waals surface area contributed by atoms with Crippen LogP contribution in [0.15, 0.2) is 24.3 Å². The molecule has 0 radical (unpaired) electrons. The van der Waals surface area contributed by atoms with E-state index in [4.69, 9.17) is 5.11 Å². The monoisotopic (exact) mass is 224 g/mol. The van der Waals surface area contributed by atoms with Crippen LogP contribution >= 0.6 is 0 Å². The summed E-state index contributed by atoms with van der Waals surface area (Å²) in [5, 5.41) is 8.44. The zero-order valence-corrected chi connectivity index (χ0v) is 9.29. The maximum Gasteiger partial charge on any atom is 0.303 e. The predicted molar refractivity (Wildman–Crippen MR) is 60.8 cm³/mol. The smallest absolute Gasteiger partial charge is 0.303 e. The van der Waals surface area contributed by atoms with Crippen molar-refractivity contribution in [2.24, 2.45) is 0 Å². The van der Waals surface area contributed by atoms with Crippen molar-refractivity contribution in [1.82, 2.24) is 0 Å². The molecule has 0 atom stereocenters. The molecular formula is C13H17FO2. The third-order valence-corrected chi connectivity index (χ3v) is 2.52. The van der Waals surface area contributed by atoms with Gasteiger partial charge in [0, 0.05) is 6.42 Å². The van der Waals surface area contributed by atoms with Gasteiger partial charge in [-0.15, -0.1) is 0 Å². The first-order valence-electron chi connectivity index (χ1n) is 5.65. The molecule has 0 aliphatic carbocycles. The molecule has 0 saturated carbocycles. The summed E-state index contributed by atoms with van der Waals surface area (Å²) < 4.78 is 12.6. The molecule has 0 aliphatic heterocycles. The van der Waals surface area contributed by atoms with Crippen LogP contribution in [0.25, 0.3) is 0 Å². The molecule has 0 saturated heterocycles. The number of rotatable bonds is 7. The van der Waals surface area contributed by atoms with Crippen molar-refractivity contribution in [3.63, 3.8) is 0 Å². The lowest BCUT2D eigenvalue weighted by Crippen LogP contribution is -1.94. The number of benzene rings is 1. The standard InChI is InChI=1S/C13H17FO2/c14-12-9-7-11(8-10-12)5-3-1-2-4-6-13(15)16/h7-10H,1-6H2,(H,15,16). The van der Waals surface area contributed by atoms with Gasteiger partial charge in [0.1, 0.15) is 5.82 Å². The molecule has 1 aromatic rings. The van der Waals surface area contributed by atoms with Crippen molar-refractivity contribution < 1.29 is 14.3 Å². The molecule has 3 heteroatoms. The Labute approximate surface area is 95.1 Å². The summed E-state index contributed by atoms with van der Waals surface area (Å²) in [6.07, 6.45) is 4.96. The van der Waals surface area contributed by atoms with Gasteiger partial charge in [-0.3, -0.25) is 4.79 Å². The van der Waals surface area contributed by atoms with Gasteiger partial charge < -0.3 is 5.11 Å². The second-order valence-electron chi connectivity index (χ2n) is 3.93. The number of carbonyl (C=O) groups is 1. The fraction of sp³-hybridized carbons (Fsp3) is 0.462. The molecule has 0 spiro atoms. The molecule has 2 nitrogen and oxygen atoms in total. The third-order valence-electron chi connectivity index (χ3n) is 2.52. The Morgan fingerprint density at radius 3 is 2.31 bits per heavy atom. The Bertz CT molecular complexity index is 319. The van der Waals surface area contributed by atoms with E-state index in [2.05, 4.69) is 0 Å². The fourth-order valence-electron chi connectivity index (χ4n) is 1.61. The number of hydrogen-bond acceptors (Lipinski definition) is 1. The SMILES string of the molecule is O=C(O)CCCCCCc1ccc(F)cc1. The summed E-state index contributed by atoms with van der Waals surface area (Å²) in [6.45, 7) is 0. The van der Waals surface area contributed by atoms with Crippen molar-refractivity contribution in [2.45, 2.75) is 38.5 Å². The van der Waals surface area contributed by atoms with E-state index in [1.807, 2.05) is 0 Å². The van der Waals surface area contributed by atoms with Crippen LogP contribution in [-0.2, 0) is 11.2 Å². The summed E-state index contributed by atoms with van der Waals surface area (Å²) in [7, 11) is 0. The first-order chi connectivity index (χ1) is 7.68. The molecular weight excluding hydrogens is 207 g/mol. The van der Waals surface area contributed by atoms with E-state index in [0.29, 0.717) is 0 Å². The van der Waals surface area contributed by atoms with Crippen LogP contribution in [0, 0.1) is 5.82 Å². The summed E-state index contributed by atoms with van der Waals surface area (Å²) in [4.78, 5) is 10.2. The van der Waals surface area contributed by atoms with Crippen LogP contribution in [0.3, 0.4) is 0 Å². The number of aliphatic carboxylic acids is 1. The van der Waals surface area contributed by atoms with Crippen LogP contribution in [-0.4, -0.2) is 11.1 Å². The Morgan fingerprint density at radius 2 is 1.69 bits per heavy atom. The van der Waals surface area contributed by atoms with Crippen LogP contribution in [0.4, 0.5) is 4.39 Å². The minimum absolute atomic E-state index is 0.204. The summed E-state index contributed by atoms with van der Waals surface area (Å²) >= 11 is 0. The highest BCUT2D eigenvalue weighted by Gasteiger charge is 1.97. The van der Waals surface area contributed by atoms with Gasteiger partial charge >= 0.3 is 5.97 Å².